The summed E-state index contributed by atoms with van der Waals surface area (Å²) in [7, 11) is 0. The standard InChI is InChI=1S/C34H33BrN2O5/c1-2-41-33(39)32-29(15-10-16-36-32)22-37(34(40)42-24-26-13-6-3-4-7-14-26)23-31(38)30-19-27(18-28(20-30)21-35)17-25-11-8-5-9-12-25/h3-13,15-16,18-20H,2,14,17,21-24H2,1H3. The maximum Gasteiger partial charge on any atom is 0.410 e. The average Bonchev–Trinajstić information content (AvgIpc) is 3.29. The van der Waals surface area contributed by atoms with Crippen molar-refractivity contribution in [2.75, 3.05) is 19.8 Å². The number of alkyl halides is 1. The Morgan fingerprint density at radius 1 is 0.929 bits per heavy atom. The van der Waals surface area contributed by atoms with Crippen LogP contribution >= 0.6 is 15.9 Å². The van der Waals surface area contributed by atoms with Crippen LogP contribution in [0.4, 0.5) is 4.79 Å². The number of hydrogen-bond acceptors (Lipinski definition) is 6. The zero-order chi connectivity index (χ0) is 29.7. The molecule has 7 nitrogen and oxygen atoms in total. The summed E-state index contributed by atoms with van der Waals surface area (Å²) in [5.74, 6) is -0.837. The van der Waals surface area contributed by atoms with Crippen LogP contribution in [-0.2, 0) is 27.8 Å². The van der Waals surface area contributed by atoms with Gasteiger partial charge in [0, 0.05) is 22.7 Å². The highest BCUT2D eigenvalue weighted by Gasteiger charge is 2.24. The molecule has 0 bridgehead atoms. The molecule has 0 unspecified atom stereocenters. The third kappa shape index (κ3) is 8.85. The van der Waals surface area contributed by atoms with Gasteiger partial charge in [-0.25, -0.2) is 14.6 Å². The smallest absolute Gasteiger partial charge is 0.410 e. The molecule has 8 heteroatoms. The molecule has 0 aliphatic heterocycles. The van der Waals surface area contributed by atoms with E-state index >= 15 is 0 Å². The SMILES string of the molecule is CCOC(=O)c1ncccc1CN(CC(=O)c1cc(CBr)cc(Cc2ccccc2)c1)C(=O)OCC1=CC=CC=CC1. The Morgan fingerprint density at radius 3 is 2.52 bits per heavy atom. The molecule has 3 aromatic rings. The maximum absolute atomic E-state index is 13.7. The number of ether oxygens (including phenoxy) is 2. The van der Waals surface area contributed by atoms with E-state index in [9.17, 15) is 14.4 Å². The van der Waals surface area contributed by atoms with Gasteiger partial charge in [0.05, 0.1) is 19.7 Å². The lowest BCUT2D eigenvalue weighted by atomic mass is 9.98. The first kappa shape index (κ1) is 30.7. The molecule has 1 aliphatic carbocycles. The van der Waals surface area contributed by atoms with Gasteiger partial charge in [0.25, 0.3) is 0 Å². The Kier molecular flexibility index (Phi) is 11.4. The fourth-order valence-electron chi connectivity index (χ4n) is 4.51. The number of carbonyl (C=O) groups excluding carboxylic acids is 3. The highest BCUT2D eigenvalue weighted by Crippen LogP contribution is 2.19. The van der Waals surface area contributed by atoms with Gasteiger partial charge < -0.3 is 9.47 Å². The fraction of sp³-hybridized carbons (Fsp3) is 0.235. The highest BCUT2D eigenvalue weighted by molar-refractivity contribution is 9.08. The number of aromatic nitrogens is 1. The number of nitrogens with zero attached hydrogens (tertiary/aromatic N) is 2. The molecule has 0 saturated carbocycles. The van der Waals surface area contributed by atoms with E-state index in [0.717, 1.165) is 22.3 Å². The first-order valence-electron chi connectivity index (χ1n) is 13.8. The Morgan fingerprint density at radius 2 is 1.74 bits per heavy atom. The second kappa shape index (κ2) is 15.6. The van der Waals surface area contributed by atoms with Crippen molar-refractivity contribution in [1.82, 2.24) is 9.88 Å². The molecular formula is C34H33BrN2O5. The minimum atomic E-state index is -0.665. The zero-order valence-corrected chi connectivity index (χ0v) is 25.1. The summed E-state index contributed by atoms with van der Waals surface area (Å²) < 4.78 is 10.8. The monoisotopic (exact) mass is 628 g/mol. The average molecular weight is 630 g/mol. The number of rotatable bonds is 12. The van der Waals surface area contributed by atoms with Crippen LogP contribution in [0.1, 0.15) is 56.4 Å². The van der Waals surface area contributed by atoms with Crippen LogP contribution in [-0.4, -0.2) is 47.5 Å². The van der Waals surface area contributed by atoms with Crippen LogP contribution < -0.4 is 0 Å². The van der Waals surface area contributed by atoms with Gasteiger partial charge in [0.15, 0.2) is 11.5 Å². The van der Waals surface area contributed by atoms with Gasteiger partial charge in [-0.15, -0.1) is 0 Å². The van der Waals surface area contributed by atoms with Crippen molar-refractivity contribution in [3.63, 3.8) is 0 Å². The number of benzene rings is 2. The van der Waals surface area contributed by atoms with Crippen LogP contribution in [0, 0.1) is 0 Å². The summed E-state index contributed by atoms with van der Waals surface area (Å²) in [6.45, 7) is 1.68. The van der Waals surface area contributed by atoms with Crippen molar-refractivity contribution in [2.24, 2.45) is 0 Å². The molecule has 42 heavy (non-hydrogen) atoms. The molecule has 2 aromatic carbocycles. The summed E-state index contributed by atoms with van der Waals surface area (Å²) in [5, 5.41) is 0.582. The van der Waals surface area contributed by atoms with Gasteiger partial charge in [-0.2, -0.15) is 0 Å². The predicted octanol–water partition coefficient (Wildman–Crippen LogP) is 7.01. The van der Waals surface area contributed by atoms with E-state index in [4.69, 9.17) is 9.47 Å². The van der Waals surface area contributed by atoms with Crippen LogP contribution in [0.15, 0.2) is 103 Å². The first-order valence-corrected chi connectivity index (χ1v) is 14.9. The number of amides is 1. The van der Waals surface area contributed by atoms with Gasteiger partial charge in [-0.05, 0) is 60.2 Å². The number of esters is 1. The van der Waals surface area contributed by atoms with E-state index in [2.05, 4.69) is 27.0 Å². The Labute approximate surface area is 254 Å². The van der Waals surface area contributed by atoms with Gasteiger partial charge in [-0.3, -0.25) is 9.69 Å². The third-order valence-corrected chi connectivity index (χ3v) is 7.19. The van der Waals surface area contributed by atoms with E-state index in [1.807, 2.05) is 72.8 Å². The first-order chi connectivity index (χ1) is 20.5. The van der Waals surface area contributed by atoms with Crippen LogP contribution in [0.5, 0.6) is 0 Å². The maximum atomic E-state index is 13.7. The molecule has 1 amide bonds. The minimum absolute atomic E-state index is 0.0551. The van der Waals surface area contributed by atoms with Crippen molar-refractivity contribution in [3.05, 3.63) is 136 Å². The number of halogens is 1. The lowest BCUT2D eigenvalue weighted by Gasteiger charge is -2.23. The van der Waals surface area contributed by atoms with Crippen molar-refractivity contribution < 1.29 is 23.9 Å². The summed E-state index contributed by atoms with van der Waals surface area (Å²) in [6.07, 6.45) is 11.8. The predicted molar refractivity (Wildman–Crippen MR) is 166 cm³/mol. The molecule has 0 fully saturated rings. The lowest BCUT2D eigenvalue weighted by molar-refractivity contribution is 0.0515. The fourth-order valence-corrected chi connectivity index (χ4v) is 4.84. The zero-order valence-electron chi connectivity index (χ0n) is 23.5. The molecular weight excluding hydrogens is 596 g/mol. The number of allylic oxidation sites excluding steroid dienone is 5. The molecule has 0 saturated heterocycles. The Balaban J connectivity index is 1.59. The highest BCUT2D eigenvalue weighted by atomic mass is 79.9. The number of Topliss-reactive ketones (excluding diaryl/α,β-unsaturated/α-hetero) is 1. The Hall–Kier alpha value is -4.30. The van der Waals surface area contributed by atoms with E-state index in [1.54, 1.807) is 19.1 Å². The second-order valence-electron chi connectivity index (χ2n) is 9.74. The van der Waals surface area contributed by atoms with Crippen LogP contribution in [0.25, 0.3) is 0 Å². The van der Waals surface area contributed by atoms with Crippen molar-refractivity contribution in [2.45, 2.75) is 31.6 Å². The molecule has 4 rings (SSSR count). The molecule has 1 aromatic heterocycles. The number of carbonyl (C=O) groups is 3. The summed E-state index contributed by atoms with van der Waals surface area (Å²) >= 11 is 3.52. The van der Waals surface area contributed by atoms with Gasteiger partial charge in [0.2, 0.25) is 0 Å². The molecule has 1 aliphatic rings. The number of ketones is 1. The van der Waals surface area contributed by atoms with Crippen molar-refractivity contribution in [3.8, 4) is 0 Å². The normalized spacial score (nSPS) is 12.3. The van der Waals surface area contributed by atoms with E-state index < -0.39 is 12.1 Å². The summed E-state index contributed by atoms with van der Waals surface area (Å²) in [4.78, 5) is 45.2. The quantitative estimate of drug-likeness (QED) is 0.122. The minimum Gasteiger partial charge on any atom is -0.461 e. The summed E-state index contributed by atoms with van der Waals surface area (Å²) in [5.41, 5.74) is 5.05. The van der Waals surface area contributed by atoms with Crippen LogP contribution in [0.2, 0.25) is 0 Å². The molecule has 1 heterocycles. The van der Waals surface area contributed by atoms with E-state index in [0.29, 0.717) is 29.3 Å². The lowest BCUT2D eigenvalue weighted by Crippen LogP contribution is -2.36. The second-order valence-corrected chi connectivity index (χ2v) is 10.3. The topological polar surface area (TPSA) is 85.8 Å². The molecule has 0 spiro atoms. The van der Waals surface area contributed by atoms with Gasteiger partial charge in [0.1, 0.15) is 6.61 Å². The van der Waals surface area contributed by atoms with Crippen molar-refractivity contribution in [1.29, 1.82) is 0 Å². The molecule has 0 radical (unpaired) electrons. The molecule has 0 atom stereocenters. The number of pyridine rings is 1. The molecule has 216 valence electrons. The van der Waals surface area contributed by atoms with E-state index in [1.165, 1.54) is 11.1 Å². The van der Waals surface area contributed by atoms with Gasteiger partial charge >= 0.3 is 12.1 Å². The summed E-state index contributed by atoms with van der Waals surface area (Å²) in [6, 6.07) is 19.2. The van der Waals surface area contributed by atoms with E-state index in [-0.39, 0.29) is 37.8 Å². The van der Waals surface area contributed by atoms with Crippen LogP contribution in [0.3, 0.4) is 0 Å². The molecule has 0 N–H and O–H groups in total. The number of hydrogen-bond donors (Lipinski definition) is 0. The van der Waals surface area contributed by atoms with Crippen molar-refractivity contribution >= 4 is 33.8 Å². The Bertz CT molecular complexity index is 1500. The third-order valence-electron chi connectivity index (χ3n) is 6.55. The largest absolute Gasteiger partial charge is 0.461 e. The van der Waals surface area contributed by atoms with Gasteiger partial charge in [-0.1, -0.05) is 88.8 Å².